The van der Waals surface area contributed by atoms with E-state index < -0.39 is 11.6 Å². The number of carbonyl (C=O) groups is 1. The molecule has 2 aromatic carbocycles. The first-order valence-corrected chi connectivity index (χ1v) is 11.7. The lowest BCUT2D eigenvalue weighted by Gasteiger charge is -2.32. The third-order valence-corrected chi connectivity index (χ3v) is 6.90. The molecule has 5 rings (SSSR count). The Hall–Kier alpha value is -3.92. The Morgan fingerprint density at radius 3 is 2.68 bits per heavy atom. The van der Waals surface area contributed by atoms with Gasteiger partial charge in [-0.1, -0.05) is 36.4 Å². The summed E-state index contributed by atoms with van der Waals surface area (Å²) < 4.78 is 1.66. The van der Waals surface area contributed by atoms with E-state index in [9.17, 15) is 9.59 Å². The van der Waals surface area contributed by atoms with Gasteiger partial charge in [-0.2, -0.15) is 5.43 Å². The maximum absolute atomic E-state index is 12.9. The average molecular weight is 473 g/mol. The van der Waals surface area contributed by atoms with Crippen molar-refractivity contribution >= 4 is 28.6 Å². The molecule has 0 saturated carbocycles. The minimum Gasteiger partial charge on any atom is -0.399 e. The topological polar surface area (TPSA) is 118 Å². The summed E-state index contributed by atoms with van der Waals surface area (Å²) in [5.74, 6) is -0.476. The SMILES string of the molecule is NC(=O)c1sccc1CC1(n2ccccc2=O)CNN(c2ccccc2-c2cccc(N)c2)N1. The fourth-order valence-electron chi connectivity index (χ4n) is 4.37. The van der Waals surface area contributed by atoms with Gasteiger partial charge in [0, 0.05) is 29.9 Å². The van der Waals surface area contributed by atoms with Gasteiger partial charge in [-0.15, -0.1) is 11.3 Å². The number of rotatable bonds is 6. The standard InChI is InChI=1S/C25H24N6O2S/c26-19-7-5-6-17(14-19)20-8-1-2-9-21(20)31-28-16-25(29-31,30-12-4-3-10-22(30)32)15-18-11-13-34-23(18)24(27)33/h1-14,28-29H,15-16,26H2,(H2,27,33). The number of carbonyl (C=O) groups excluding carboxylic acids is 1. The molecule has 0 aliphatic carbocycles. The van der Waals surface area contributed by atoms with Gasteiger partial charge in [0.1, 0.15) is 5.66 Å². The number of nitrogen functional groups attached to an aromatic ring is 1. The highest BCUT2D eigenvalue weighted by Crippen LogP contribution is 2.34. The number of aromatic nitrogens is 1. The van der Waals surface area contributed by atoms with E-state index in [1.165, 1.54) is 17.4 Å². The molecule has 0 spiro atoms. The Kier molecular flexibility index (Phi) is 5.66. The normalized spacial score (nSPS) is 17.7. The molecule has 0 radical (unpaired) electrons. The van der Waals surface area contributed by atoms with E-state index in [0.29, 0.717) is 23.5 Å². The number of primary amides is 1. The first-order chi connectivity index (χ1) is 16.5. The molecular formula is C25H24N6O2S. The number of benzene rings is 2. The molecule has 1 aliphatic heterocycles. The summed E-state index contributed by atoms with van der Waals surface area (Å²) in [5.41, 5.74) is 21.8. The van der Waals surface area contributed by atoms with E-state index in [2.05, 4.69) is 10.9 Å². The molecule has 3 heterocycles. The van der Waals surface area contributed by atoms with Crippen LogP contribution in [-0.2, 0) is 12.1 Å². The monoisotopic (exact) mass is 472 g/mol. The number of anilines is 2. The minimum atomic E-state index is -0.869. The van der Waals surface area contributed by atoms with Crippen molar-refractivity contribution in [2.45, 2.75) is 12.1 Å². The van der Waals surface area contributed by atoms with Gasteiger partial charge in [0.2, 0.25) is 0 Å². The Bertz CT molecular complexity index is 1410. The minimum absolute atomic E-state index is 0.154. The highest BCUT2D eigenvalue weighted by Gasteiger charge is 2.41. The molecule has 9 heteroatoms. The van der Waals surface area contributed by atoms with E-state index in [1.807, 2.05) is 71.2 Å². The molecule has 0 bridgehead atoms. The first kappa shape index (κ1) is 21.9. The van der Waals surface area contributed by atoms with Gasteiger partial charge in [-0.25, -0.2) is 10.5 Å². The molecule has 1 atom stereocenters. The molecule has 34 heavy (non-hydrogen) atoms. The van der Waals surface area contributed by atoms with Gasteiger partial charge in [0.05, 0.1) is 17.1 Å². The zero-order valence-electron chi connectivity index (χ0n) is 18.3. The summed E-state index contributed by atoms with van der Waals surface area (Å²) in [6.45, 7) is 0.399. The van der Waals surface area contributed by atoms with Crippen LogP contribution in [0.4, 0.5) is 11.4 Å². The summed E-state index contributed by atoms with van der Waals surface area (Å²) in [6.07, 6.45) is 2.13. The number of nitrogens with zero attached hydrogens (tertiary/aromatic N) is 2. The fourth-order valence-corrected chi connectivity index (χ4v) is 5.15. The van der Waals surface area contributed by atoms with Crippen molar-refractivity contribution in [1.29, 1.82) is 0 Å². The van der Waals surface area contributed by atoms with Crippen molar-refractivity contribution in [3.8, 4) is 11.1 Å². The summed E-state index contributed by atoms with van der Waals surface area (Å²) in [4.78, 5) is 25.4. The smallest absolute Gasteiger partial charge is 0.259 e. The van der Waals surface area contributed by atoms with Gasteiger partial charge < -0.3 is 11.5 Å². The fraction of sp³-hybridized carbons (Fsp3) is 0.120. The highest BCUT2D eigenvalue weighted by atomic mass is 32.1. The molecule has 172 valence electrons. The second-order valence-corrected chi connectivity index (χ2v) is 9.10. The summed E-state index contributed by atoms with van der Waals surface area (Å²) in [7, 11) is 0. The van der Waals surface area contributed by atoms with Crippen LogP contribution in [0, 0.1) is 0 Å². The van der Waals surface area contributed by atoms with Gasteiger partial charge in [0.15, 0.2) is 0 Å². The Morgan fingerprint density at radius 2 is 1.88 bits per heavy atom. The van der Waals surface area contributed by atoms with Crippen molar-refractivity contribution in [3.63, 3.8) is 0 Å². The lowest BCUT2D eigenvalue weighted by molar-refractivity contribution is 0.100. The summed E-state index contributed by atoms with van der Waals surface area (Å²) >= 11 is 1.30. The van der Waals surface area contributed by atoms with Gasteiger partial charge in [-0.05, 0) is 46.8 Å². The quantitative estimate of drug-likeness (QED) is 0.321. The van der Waals surface area contributed by atoms with Crippen LogP contribution in [0.1, 0.15) is 15.2 Å². The predicted octanol–water partition coefficient (Wildman–Crippen LogP) is 2.68. The number of nitrogens with one attached hydrogen (secondary N) is 2. The Morgan fingerprint density at radius 1 is 1.06 bits per heavy atom. The van der Waals surface area contributed by atoms with E-state index in [4.69, 9.17) is 11.5 Å². The van der Waals surface area contributed by atoms with E-state index in [0.717, 1.165) is 22.4 Å². The second kappa shape index (κ2) is 8.79. The van der Waals surface area contributed by atoms with E-state index >= 15 is 0 Å². The molecule has 1 aliphatic rings. The number of pyridine rings is 1. The number of hydrogen-bond donors (Lipinski definition) is 4. The van der Waals surface area contributed by atoms with Crippen LogP contribution < -0.4 is 33.0 Å². The molecule has 1 fully saturated rings. The molecule has 2 aromatic heterocycles. The van der Waals surface area contributed by atoms with Crippen molar-refractivity contribution in [1.82, 2.24) is 15.4 Å². The first-order valence-electron chi connectivity index (χ1n) is 10.8. The van der Waals surface area contributed by atoms with Gasteiger partial charge >= 0.3 is 0 Å². The van der Waals surface area contributed by atoms with Crippen molar-refractivity contribution < 1.29 is 4.79 Å². The highest BCUT2D eigenvalue weighted by molar-refractivity contribution is 7.12. The van der Waals surface area contributed by atoms with Crippen molar-refractivity contribution in [2.24, 2.45) is 5.73 Å². The van der Waals surface area contributed by atoms with Crippen LogP contribution >= 0.6 is 11.3 Å². The third-order valence-electron chi connectivity index (χ3n) is 5.93. The lowest BCUT2D eigenvalue weighted by atomic mass is 10.00. The number of thiophene rings is 1. The second-order valence-electron chi connectivity index (χ2n) is 8.18. The molecule has 4 aromatic rings. The number of hydrazine groups is 2. The average Bonchev–Trinajstić information content (AvgIpc) is 3.48. The Balaban J connectivity index is 1.57. The molecule has 1 unspecified atom stereocenters. The Labute approximate surface area is 200 Å². The largest absolute Gasteiger partial charge is 0.399 e. The zero-order valence-corrected chi connectivity index (χ0v) is 19.1. The number of para-hydroxylation sites is 1. The predicted molar refractivity (Wildman–Crippen MR) is 135 cm³/mol. The lowest BCUT2D eigenvalue weighted by Crippen LogP contribution is -2.54. The maximum Gasteiger partial charge on any atom is 0.259 e. The zero-order chi connectivity index (χ0) is 23.7. The van der Waals surface area contributed by atoms with Gasteiger partial charge in [0.25, 0.3) is 11.5 Å². The number of amides is 1. The van der Waals surface area contributed by atoms with Crippen LogP contribution in [0.2, 0.25) is 0 Å². The van der Waals surface area contributed by atoms with Crippen LogP contribution in [0.5, 0.6) is 0 Å². The third kappa shape index (κ3) is 3.96. The molecule has 1 saturated heterocycles. The van der Waals surface area contributed by atoms with E-state index in [-0.39, 0.29) is 5.56 Å². The van der Waals surface area contributed by atoms with E-state index in [1.54, 1.807) is 16.8 Å². The molecule has 6 N–H and O–H groups in total. The van der Waals surface area contributed by atoms with Crippen LogP contribution in [0.15, 0.2) is 89.2 Å². The van der Waals surface area contributed by atoms with Crippen molar-refractivity contribution in [2.75, 3.05) is 17.4 Å². The number of nitrogens with two attached hydrogens (primary N) is 2. The number of hydrogen-bond acceptors (Lipinski definition) is 7. The van der Waals surface area contributed by atoms with Crippen LogP contribution in [-0.4, -0.2) is 17.0 Å². The molecular weight excluding hydrogens is 448 g/mol. The molecule has 8 nitrogen and oxygen atoms in total. The maximum atomic E-state index is 12.9. The van der Waals surface area contributed by atoms with Crippen LogP contribution in [0.3, 0.4) is 0 Å². The summed E-state index contributed by atoms with van der Waals surface area (Å²) in [5, 5.41) is 3.67. The van der Waals surface area contributed by atoms with Crippen LogP contribution in [0.25, 0.3) is 11.1 Å². The van der Waals surface area contributed by atoms with Gasteiger partial charge in [-0.3, -0.25) is 14.2 Å². The van der Waals surface area contributed by atoms with Crippen molar-refractivity contribution in [3.05, 3.63) is 105 Å². The molecule has 1 amide bonds. The summed E-state index contributed by atoms with van der Waals surface area (Å²) in [6, 6.07) is 22.6.